The van der Waals surface area contributed by atoms with E-state index in [-0.39, 0.29) is 11.9 Å². The Bertz CT molecular complexity index is 228. The summed E-state index contributed by atoms with van der Waals surface area (Å²) < 4.78 is 0. The molecule has 1 amide bonds. The second kappa shape index (κ2) is 4.24. The normalized spacial score (nSPS) is 20.1. The molecule has 1 unspecified atom stereocenters. The number of rotatable bonds is 3. The Balaban J connectivity index is 2.19. The molecule has 0 aromatic rings. The third-order valence-electron chi connectivity index (χ3n) is 2.47. The standard InChI is InChI=1S/C9H15N3O/c1-7(4-10)12-5-8(6-12)3-9(13)11-2/h7-8H,3,5-6H2,1-2H3,(H,11,13). The van der Waals surface area contributed by atoms with Crippen molar-refractivity contribution in [2.75, 3.05) is 20.1 Å². The third kappa shape index (κ3) is 2.43. The van der Waals surface area contributed by atoms with E-state index in [2.05, 4.69) is 16.3 Å². The van der Waals surface area contributed by atoms with Gasteiger partial charge in [-0.05, 0) is 12.8 Å². The van der Waals surface area contributed by atoms with Gasteiger partial charge in [-0.3, -0.25) is 9.69 Å². The maximum Gasteiger partial charge on any atom is 0.220 e. The van der Waals surface area contributed by atoms with Crippen molar-refractivity contribution in [1.29, 1.82) is 5.26 Å². The maximum absolute atomic E-state index is 11.0. The summed E-state index contributed by atoms with van der Waals surface area (Å²) in [5.74, 6) is 0.532. The van der Waals surface area contributed by atoms with Crippen molar-refractivity contribution < 1.29 is 4.79 Å². The number of carbonyl (C=O) groups is 1. The van der Waals surface area contributed by atoms with Crippen LogP contribution in [0.2, 0.25) is 0 Å². The fourth-order valence-corrected chi connectivity index (χ4v) is 1.50. The topological polar surface area (TPSA) is 56.1 Å². The molecule has 13 heavy (non-hydrogen) atoms. The Kier molecular flexibility index (Phi) is 3.26. The lowest BCUT2D eigenvalue weighted by Crippen LogP contribution is -2.51. The SMILES string of the molecule is CNC(=O)CC1CN(C(C)C#N)C1. The second-order valence-electron chi connectivity index (χ2n) is 3.50. The average Bonchev–Trinajstić information content (AvgIpc) is 2.08. The Morgan fingerprint density at radius 2 is 2.38 bits per heavy atom. The molecule has 4 heteroatoms. The minimum absolute atomic E-state index is 0.0130. The summed E-state index contributed by atoms with van der Waals surface area (Å²) in [6.45, 7) is 3.64. The van der Waals surface area contributed by atoms with E-state index in [1.807, 2.05) is 6.92 Å². The number of hydrogen-bond acceptors (Lipinski definition) is 3. The van der Waals surface area contributed by atoms with Gasteiger partial charge >= 0.3 is 0 Å². The number of likely N-dealkylation sites (tertiary alicyclic amines) is 1. The summed E-state index contributed by atoms with van der Waals surface area (Å²) in [5, 5.41) is 11.2. The number of amides is 1. The third-order valence-corrected chi connectivity index (χ3v) is 2.47. The molecule has 0 bridgehead atoms. The van der Waals surface area contributed by atoms with Crippen LogP contribution in [0.25, 0.3) is 0 Å². The van der Waals surface area contributed by atoms with Gasteiger partial charge in [-0.2, -0.15) is 5.26 Å². The van der Waals surface area contributed by atoms with Crippen LogP contribution in [-0.2, 0) is 4.79 Å². The smallest absolute Gasteiger partial charge is 0.220 e. The lowest BCUT2D eigenvalue weighted by Gasteiger charge is -2.40. The molecule has 1 heterocycles. The Morgan fingerprint density at radius 1 is 1.77 bits per heavy atom. The van der Waals surface area contributed by atoms with Gasteiger partial charge in [0.2, 0.25) is 5.91 Å². The predicted octanol–water partition coefficient (Wildman–Crippen LogP) is -0.0336. The molecular weight excluding hydrogens is 166 g/mol. The van der Waals surface area contributed by atoms with Crippen LogP contribution in [-0.4, -0.2) is 37.0 Å². The number of nitriles is 1. The van der Waals surface area contributed by atoms with E-state index in [1.165, 1.54) is 0 Å². The molecule has 1 saturated heterocycles. The molecule has 1 aliphatic heterocycles. The van der Waals surface area contributed by atoms with Gasteiger partial charge in [0.15, 0.2) is 0 Å². The first-order valence-electron chi connectivity index (χ1n) is 4.51. The Labute approximate surface area is 78.5 Å². The van der Waals surface area contributed by atoms with Crippen LogP contribution in [0.15, 0.2) is 0 Å². The quantitative estimate of drug-likeness (QED) is 0.665. The van der Waals surface area contributed by atoms with Crippen LogP contribution >= 0.6 is 0 Å². The zero-order valence-electron chi connectivity index (χ0n) is 8.08. The summed E-state index contributed by atoms with van der Waals surface area (Å²) in [6.07, 6.45) is 0.588. The first kappa shape index (κ1) is 10.0. The summed E-state index contributed by atoms with van der Waals surface area (Å²) >= 11 is 0. The van der Waals surface area contributed by atoms with E-state index in [0.717, 1.165) is 13.1 Å². The molecule has 1 fully saturated rings. The van der Waals surface area contributed by atoms with Crippen molar-refractivity contribution >= 4 is 5.91 Å². The van der Waals surface area contributed by atoms with Crippen molar-refractivity contribution in [3.63, 3.8) is 0 Å². The summed E-state index contributed by atoms with van der Waals surface area (Å²) in [5.41, 5.74) is 0. The van der Waals surface area contributed by atoms with E-state index in [0.29, 0.717) is 12.3 Å². The van der Waals surface area contributed by atoms with Gasteiger partial charge in [-0.25, -0.2) is 0 Å². The monoisotopic (exact) mass is 181 g/mol. The molecular formula is C9H15N3O. The average molecular weight is 181 g/mol. The molecule has 0 aromatic heterocycles. The van der Waals surface area contributed by atoms with E-state index in [1.54, 1.807) is 7.05 Å². The van der Waals surface area contributed by atoms with Crippen molar-refractivity contribution in [3.05, 3.63) is 0 Å². The summed E-state index contributed by atoms with van der Waals surface area (Å²) in [4.78, 5) is 13.0. The highest BCUT2D eigenvalue weighted by molar-refractivity contribution is 5.75. The van der Waals surface area contributed by atoms with Crippen LogP contribution < -0.4 is 5.32 Å². The van der Waals surface area contributed by atoms with Crippen molar-refractivity contribution in [3.8, 4) is 6.07 Å². The number of hydrogen-bond donors (Lipinski definition) is 1. The van der Waals surface area contributed by atoms with Crippen LogP contribution in [0.3, 0.4) is 0 Å². The zero-order chi connectivity index (χ0) is 9.84. The maximum atomic E-state index is 11.0. The highest BCUT2D eigenvalue weighted by Crippen LogP contribution is 2.20. The zero-order valence-corrected chi connectivity index (χ0v) is 8.08. The lowest BCUT2D eigenvalue weighted by atomic mass is 9.94. The molecule has 1 aliphatic rings. The van der Waals surface area contributed by atoms with Crippen molar-refractivity contribution in [1.82, 2.24) is 10.2 Å². The van der Waals surface area contributed by atoms with Crippen LogP contribution in [0.5, 0.6) is 0 Å². The minimum Gasteiger partial charge on any atom is -0.359 e. The molecule has 1 N–H and O–H groups in total. The fourth-order valence-electron chi connectivity index (χ4n) is 1.50. The molecule has 1 rings (SSSR count). The molecule has 0 spiro atoms. The highest BCUT2D eigenvalue weighted by Gasteiger charge is 2.31. The first-order valence-corrected chi connectivity index (χ1v) is 4.51. The van der Waals surface area contributed by atoms with Gasteiger partial charge in [-0.1, -0.05) is 0 Å². The minimum atomic E-state index is -0.0130. The van der Waals surface area contributed by atoms with Crippen LogP contribution in [0, 0.1) is 17.2 Å². The molecule has 0 radical (unpaired) electrons. The molecule has 0 aromatic carbocycles. The molecule has 0 aliphatic carbocycles. The number of nitrogens with one attached hydrogen (secondary N) is 1. The molecule has 1 atom stereocenters. The van der Waals surface area contributed by atoms with Crippen LogP contribution in [0.1, 0.15) is 13.3 Å². The Hall–Kier alpha value is -1.08. The Morgan fingerprint density at radius 3 is 2.85 bits per heavy atom. The predicted molar refractivity (Wildman–Crippen MR) is 48.8 cm³/mol. The van der Waals surface area contributed by atoms with E-state index in [4.69, 9.17) is 5.26 Å². The lowest BCUT2D eigenvalue weighted by molar-refractivity contribution is -0.123. The number of nitrogens with zero attached hydrogens (tertiary/aromatic N) is 2. The van der Waals surface area contributed by atoms with Gasteiger partial charge in [0, 0.05) is 26.6 Å². The van der Waals surface area contributed by atoms with Gasteiger partial charge in [0.25, 0.3) is 0 Å². The molecule has 4 nitrogen and oxygen atoms in total. The summed E-state index contributed by atoms with van der Waals surface area (Å²) in [6, 6.07) is 2.17. The number of carbonyl (C=O) groups excluding carboxylic acids is 1. The van der Waals surface area contributed by atoms with E-state index in [9.17, 15) is 4.79 Å². The van der Waals surface area contributed by atoms with Gasteiger partial charge < -0.3 is 5.32 Å². The van der Waals surface area contributed by atoms with Crippen molar-refractivity contribution in [2.24, 2.45) is 5.92 Å². The van der Waals surface area contributed by atoms with E-state index < -0.39 is 0 Å². The van der Waals surface area contributed by atoms with Crippen molar-refractivity contribution in [2.45, 2.75) is 19.4 Å². The second-order valence-corrected chi connectivity index (χ2v) is 3.50. The van der Waals surface area contributed by atoms with Gasteiger partial charge in [0.1, 0.15) is 0 Å². The van der Waals surface area contributed by atoms with E-state index >= 15 is 0 Å². The van der Waals surface area contributed by atoms with Gasteiger partial charge in [-0.15, -0.1) is 0 Å². The van der Waals surface area contributed by atoms with Crippen LogP contribution in [0.4, 0.5) is 0 Å². The first-order chi connectivity index (χ1) is 6.17. The highest BCUT2D eigenvalue weighted by atomic mass is 16.1. The van der Waals surface area contributed by atoms with Gasteiger partial charge in [0.05, 0.1) is 12.1 Å². The fraction of sp³-hybridized carbons (Fsp3) is 0.778. The molecule has 0 saturated carbocycles. The largest absolute Gasteiger partial charge is 0.359 e. The molecule has 72 valence electrons. The summed E-state index contributed by atoms with van der Waals surface area (Å²) in [7, 11) is 1.65.